The number of unbranched alkanes of at least 4 members (excludes halogenated alkanes) is 1. The van der Waals surface area contributed by atoms with Crippen LogP contribution in [0.15, 0.2) is 0 Å². The van der Waals surface area contributed by atoms with Gasteiger partial charge in [-0.2, -0.15) is 0 Å². The number of piperidine rings is 1. The van der Waals surface area contributed by atoms with Crippen LogP contribution in [0.25, 0.3) is 0 Å². The summed E-state index contributed by atoms with van der Waals surface area (Å²) in [6.45, 7) is 7.75. The lowest BCUT2D eigenvalue weighted by atomic mass is 9.97. The summed E-state index contributed by atoms with van der Waals surface area (Å²) in [7, 11) is -3.12. The number of hydrogen-bond donors (Lipinski definition) is 1. The Morgan fingerprint density at radius 3 is 2.40 bits per heavy atom. The van der Waals surface area contributed by atoms with Crippen molar-refractivity contribution < 1.29 is 13.2 Å². The van der Waals surface area contributed by atoms with Crippen LogP contribution < -0.4 is 5.32 Å². The van der Waals surface area contributed by atoms with Crippen LogP contribution in [0.5, 0.6) is 0 Å². The first-order chi connectivity index (χ1) is 9.36. The van der Waals surface area contributed by atoms with E-state index in [1.54, 1.807) is 4.31 Å². The maximum Gasteiger partial charge on any atom is 0.223 e. The standard InChI is InChI=1S/C14H28N2O3S/c1-4-5-10-20(18,19)16-8-6-13(7-9-16)14(17)15-11-12(2)3/h12-13H,4-11H2,1-3H3,(H,15,17). The van der Waals surface area contributed by atoms with Crippen LogP contribution >= 0.6 is 0 Å². The van der Waals surface area contributed by atoms with E-state index in [0.29, 0.717) is 44.8 Å². The number of amides is 1. The predicted molar refractivity (Wildman–Crippen MR) is 80.8 cm³/mol. The molecule has 1 saturated heterocycles. The van der Waals surface area contributed by atoms with Crippen LogP contribution in [0.2, 0.25) is 0 Å². The van der Waals surface area contributed by atoms with E-state index in [9.17, 15) is 13.2 Å². The van der Waals surface area contributed by atoms with Crippen LogP contribution in [0.3, 0.4) is 0 Å². The van der Waals surface area contributed by atoms with Crippen molar-refractivity contribution in [1.29, 1.82) is 0 Å². The van der Waals surface area contributed by atoms with Gasteiger partial charge < -0.3 is 5.32 Å². The van der Waals surface area contributed by atoms with Gasteiger partial charge in [-0.15, -0.1) is 0 Å². The second-order valence-electron chi connectivity index (χ2n) is 5.98. The van der Waals surface area contributed by atoms with Gasteiger partial charge in [0.05, 0.1) is 5.75 Å². The highest BCUT2D eigenvalue weighted by molar-refractivity contribution is 7.89. The second kappa shape index (κ2) is 7.98. The molecule has 0 spiro atoms. The number of rotatable bonds is 7. The van der Waals surface area contributed by atoms with Crippen molar-refractivity contribution in [3.05, 3.63) is 0 Å². The number of sulfonamides is 1. The van der Waals surface area contributed by atoms with Crippen molar-refractivity contribution in [2.75, 3.05) is 25.4 Å². The van der Waals surface area contributed by atoms with E-state index >= 15 is 0 Å². The zero-order valence-corrected chi connectivity index (χ0v) is 13.7. The Bertz CT molecular complexity index is 399. The molecule has 0 aromatic heterocycles. The summed E-state index contributed by atoms with van der Waals surface area (Å²) in [6.07, 6.45) is 2.86. The van der Waals surface area contributed by atoms with Crippen molar-refractivity contribution in [3.63, 3.8) is 0 Å². The molecule has 1 aliphatic rings. The average molecular weight is 304 g/mol. The molecule has 0 aromatic rings. The Labute approximate surface area is 123 Å². The second-order valence-corrected chi connectivity index (χ2v) is 8.07. The first-order valence-electron chi connectivity index (χ1n) is 7.62. The Hall–Kier alpha value is -0.620. The summed E-state index contributed by atoms with van der Waals surface area (Å²) < 4.78 is 25.7. The molecule has 6 heteroatoms. The van der Waals surface area contributed by atoms with E-state index < -0.39 is 10.0 Å². The molecule has 0 aromatic carbocycles. The predicted octanol–water partition coefficient (Wildman–Crippen LogP) is 1.60. The van der Waals surface area contributed by atoms with Crippen LogP contribution in [0, 0.1) is 11.8 Å². The summed E-state index contributed by atoms with van der Waals surface area (Å²) in [4.78, 5) is 12.0. The molecule has 0 unspecified atom stereocenters. The fourth-order valence-corrected chi connectivity index (χ4v) is 3.98. The molecule has 0 aliphatic carbocycles. The molecular weight excluding hydrogens is 276 g/mol. The smallest absolute Gasteiger partial charge is 0.223 e. The molecule has 0 atom stereocenters. The maximum atomic E-state index is 12.1. The minimum atomic E-state index is -3.12. The van der Waals surface area contributed by atoms with Gasteiger partial charge in [-0.05, 0) is 25.2 Å². The number of nitrogens with one attached hydrogen (secondary N) is 1. The highest BCUT2D eigenvalue weighted by atomic mass is 32.2. The molecule has 1 amide bonds. The first-order valence-corrected chi connectivity index (χ1v) is 9.23. The third kappa shape index (κ3) is 5.40. The molecule has 20 heavy (non-hydrogen) atoms. The molecule has 118 valence electrons. The molecule has 0 bridgehead atoms. The number of nitrogens with zero attached hydrogens (tertiary/aromatic N) is 1. The monoisotopic (exact) mass is 304 g/mol. The summed E-state index contributed by atoms with van der Waals surface area (Å²) in [5.41, 5.74) is 0. The summed E-state index contributed by atoms with van der Waals surface area (Å²) in [5.74, 6) is 0.706. The lowest BCUT2D eigenvalue weighted by Gasteiger charge is -2.30. The zero-order chi connectivity index (χ0) is 15.2. The number of carbonyl (C=O) groups excluding carboxylic acids is 1. The van der Waals surface area contributed by atoms with Crippen molar-refractivity contribution in [2.24, 2.45) is 11.8 Å². The number of hydrogen-bond acceptors (Lipinski definition) is 3. The van der Waals surface area contributed by atoms with E-state index in [4.69, 9.17) is 0 Å². The lowest BCUT2D eigenvalue weighted by molar-refractivity contribution is -0.126. The average Bonchev–Trinajstić information content (AvgIpc) is 2.42. The molecule has 1 fully saturated rings. The van der Waals surface area contributed by atoms with Gasteiger partial charge in [-0.3, -0.25) is 4.79 Å². The van der Waals surface area contributed by atoms with Gasteiger partial charge in [0.25, 0.3) is 0 Å². The van der Waals surface area contributed by atoms with E-state index in [1.165, 1.54) is 0 Å². The maximum absolute atomic E-state index is 12.1. The molecule has 1 heterocycles. The first kappa shape index (κ1) is 17.4. The molecule has 1 N–H and O–H groups in total. The van der Waals surface area contributed by atoms with Crippen LogP contribution in [-0.4, -0.2) is 44.0 Å². The van der Waals surface area contributed by atoms with Gasteiger partial charge in [0.2, 0.25) is 15.9 Å². The van der Waals surface area contributed by atoms with Gasteiger partial charge in [0.1, 0.15) is 0 Å². The third-order valence-corrected chi connectivity index (χ3v) is 5.62. The number of carbonyl (C=O) groups is 1. The Morgan fingerprint density at radius 1 is 1.30 bits per heavy atom. The van der Waals surface area contributed by atoms with Gasteiger partial charge in [-0.1, -0.05) is 27.2 Å². The minimum Gasteiger partial charge on any atom is -0.356 e. The normalized spacial score (nSPS) is 18.4. The topological polar surface area (TPSA) is 66.5 Å². The van der Waals surface area contributed by atoms with E-state index in [0.717, 1.165) is 6.42 Å². The van der Waals surface area contributed by atoms with Gasteiger partial charge >= 0.3 is 0 Å². The van der Waals surface area contributed by atoms with Crippen molar-refractivity contribution in [2.45, 2.75) is 46.5 Å². The molecular formula is C14H28N2O3S. The van der Waals surface area contributed by atoms with Gasteiger partial charge in [0, 0.05) is 25.6 Å². The quantitative estimate of drug-likeness (QED) is 0.777. The summed E-state index contributed by atoms with van der Waals surface area (Å²) in [6, 6.07) is 0. The van der Waals surface area contributed by atoms with Crippen molar-refractivity contribution >= 4 is 15.9 Å². The van der Waals surface area contributed by atoms with Crippen molar-refractivity contribution in [3.8, 4) is 0 Å². The SMILES string of the molecule is CCCCS(=O)(=O)N1CCC(C(=O)NCC(C)C)CC1. The molecule has 5 nitrogen and oxygen atoms in total. The Morgan fingerprint density at radius 2 is 1.90 bits per heavy atom. The lowest BCUT2D eigenvalue weighted by Crippen LogP contribution is -2.44. The highest BCUT2D eigenvalue weighted by Gasteiger charge is 2.30. The van der Waals surface area contributed by atoms with E-state index in [-0.39, 0.29) is 17.6 Å². The molecule has 0 saturated carbocycles. The van der Waals surface area contributed by atoms with E-state index in [1.807, 2.05) is 6.92 Å². The highest BCUT2D eigenvalue weighted by Crippen LogP contribution is 2.20. The fraction of sp³-hybridized carbons (Fsp3) is 0.929. The Kier molecular flexibility index (Phi) is 6.95. The summed E-state index contributed by atoms with van der Waals surface area (Å²) in [5, 5.41) is 2.93. The van der Waals surface area contributed by atoms with Crippen LogP contribution in [0.4, 0.5) is 0 Å². The van der Waals surface area contributed by atoms with Gasteiger partial charge in [0.15, 0.2) is 0 Å². The largest absolute Gasteiger partial charge is 0.356 e. The van der Waals surface area contributed by atoms with Crippen molar-refractivity contribution in [1.82, 2.24) is 9.62 Å². The summed E-state index contributed by atoms with van der Waals surface area (Å²) >= 11 is 0. The van der Waals surface area contributed by atoms with Gasteiger partial charge in [-0.25, -0.2) is 12.7 Å². The zero-order valence-electron chi connectivity index (χ0n) is 12.9. The fourth-order valence-electron chi connectivity index (χ4n) is 2.30. The minimum absolute atomic E-state index is 0.0358. The van der Waals surface area contributed by atoms with E-state index in [2.05, 4.69) is 19.2 Å². The third-order valence-electron chi connectivity index (χ3n) is 3.66. The molecule has 1 aliphatic heterocycles. The van der Waals surface area contributed by atoms with Crippen LogP contribution in [-0.2, 0) is 14.8 Å². The molecule has 1 rings (SSSR count). The van der Waals surface area contributed by atoms with Crippen LogP contribution in [0.1, 0.15) is 46.5 Å². The molecule has 0 radical (unpaired) electrons. The Balaban J connectivity index is 2.41.